The summed E-state index contributed by atoms with van der Waals surface area (Å²) < 4.78 is 0.844. The molecular formula is C8H20NO2S+. The summed E-state index contributed by atoms with van der Waals surface area (Å²) in [6.07, 6.45) is 0.531. The van der Waals surface area contributed by atoms with Crippen LogP contribution in [0.25, 0.3) is 0 Å². The molecule has 0 fully saturated rings. The van der Waals surface area contributed by atoms with Gasteiger partial charge in [-0.15, -0.1) is 12.6 Å². The van der Waals surface area contributed by atoms with E-state index in [1.54, 1.807) is 6.92 Å². The number of quaternary nitrogens is 1. The van der Waals surface area contributed by atoms with Crippen LogP contribution in [-0.2, 0) is 4.79 Å². The van der Waals surface area contributed by atoms with E-state index in [9.17, 15) is 4.79 Å². The van der Waals surface area contributed by atoms with E-state index in [0.29, 0.717) is 6.42 Å². The topological polar surface area (TPSA) is 37.3 Å². The SMILES string of the molecule is CCC(=O)S.C[N+](C)(C)CCO. The first kappa shape index (κ1) is 14.5. The molecule has 0 amide bonds. The van der Waals surface area contributed by atoms with Crippen LogP contribution in [0.4, 0.5) is 0 Å². The fourth-order valence-corrected chi connectivity index (χ4v) is 0.300. The highest BCUT2D eigenvalue weighted by atomic mass is 32.1. The van der Waals surface area contributed by atoms with Crippen molar-refractivity contribution in [3.8, 4) is 0 Å². The van der Waals surface area contributed by atoms with Crippen LogP contribution in [0.3, 0.4) is 0 Å². The molecule has 0 aliphatic rings. The zero-order valence-corrected chi connectivity index (χ0v) is 9.27. The van der Waals surface area contributed by atoms with E-state index in [2.05, 4.69) is 33.8 Å². The summed E-state index contributed by atoms with van der Waals surface area (Å²) in [5.41, 5.74) is 0. The molecule has 3 nitrogen and oxygen atoms in total. The molecule has 0 heterocycles. The Bertz CT molecular complexity index is 121. The van der Waals surface area contributed by atoms with Gasteiger partial charge in [-0.3, -0.25) is 4.79 Å². The molecule has 0 aliphatic heterocycles. The number of rotatable bonds is 3. The Balaban J connectivity index is 0. The molecule has 0 aromatic rings. The van der Waals surface area contributed by atoms with Crippen LogP contribution < -0.4 is 0 Å². The number of aliphatic hydroxyl groups is 1. The molecule has 0 spiro atoms. The van der Waals surface area contributed by atoms with Crippen molar-refractivity contribution in [2.45, 2.75) is 13.3 Å². The van der Waals surface area contributed by atoms with Gasteiger partial charge in [0.2, 0.25) is 0 Å². The van der Waals surface area contributed by atoms with Gasteiger partial charge in [-0.2, -0.15) is 0 Å². The van der Waals surface area contributed by atoms with Gasteiger partial charge in [-0.05, 0) is 0 Å². The molecule has 74 valence electrons. The third-order valence-electron chi connectivity index (χ3n) is 1.07. The van der Waals surface area contributed by atoms with E-state index in [-0.39, 0.29) is 11.7 Å². The van der Waals surface area contributed by atoms with Gasteiger partial charge >= 0.3 is 0 Å². The molecule has 0 aromatic carbocycles. The summed E-state index contributed by atoms with van der Waals surface area (Å²) in [5.74, 6) is 0. The Labute approximate surface area is 80.4 Å². The lowest BCUT2D eigenvalue weighted by atomic mass is 10.5. The normalized spacial score (nSPS) is 10.2. The Morgan fingerprint density at radius 1 is 1.42 bits per heavy atom. The number of thiol groups is 1. The van der Waals surface area contributed by atoms with Crippen LogP contribution in [0.2, 0.25) is 0 Å². The van der Waals surface area contributed by atoms with E-state index < -0.39 is 0 Å². The highest BCUT2D eigenvalue weighted by Crippen LogP contribution is 1.84. The molecular weight excluding hydrogens is 174 g/mol. The largest absolute Gasteiger partial charge is 0.391 e. The Morgan fingerprint density at radius 3 is 1.75 bits per heavy atom. The molecule has 1 N–H and O–H groups in total. The fourth-order valence-electron chi connectivity index (χ4n) is 0.300. The van der Waals surface area contributed by atoms with Crippen molar-refractivity contribution < 1.29 is 14.4 Å². The summed E-state index contributed by atoms with van der Waals surface area (Å²) in [7, 11) is 6.16. The zero-order chi connectivity index (χ0) is 10.2. The fraction of sp³-hybridized carbons (Fsp3) is 0.875. The second kappa shape index (κ2) is 7.58. The Morgan fingerprint density at radius 2 is 1.75 bits per heavy atom. The zero-order valence-electron chi connectivity index (χ0n) is 8.37. The number of likely N-dealkylation sites (N-methyl/N-ethyl adjacent to an activating group) is 1. The lowest BCUT2D eigenvalue weighted by Gasteiger charge is -2.21. The average molecular weight is 194 g/mol. The van der Waals surface area contributed by atoms with Gasteiger partial charge in [0.05, 0.1) is 27.7 Å². The second-order valence-electron chi connectivity index (χ2n) is 3.48. The number of carbonyl (C=O) groups excluding carboxylic acids is 1. The minimum atomic E-state index is -0.0509. The summed E-state index contributed by atoms with van der Waals surface area (Å²) in [6.45, 7) is 2.89. The van der Waals surface area contributed by atoms with Crippen LogP contribution in [0.1, 0.15) is 13.3 Å². The van der Waals surface area contributed by atoms with Crippen LogP contribution in [0, 0.1) is 0 Å². The third kappa shape index (κ3) is 22.5. The van der Waals surface area contributed by atoms with Gasteiger partial charge in [0.15, 0.2) is 5.12 Å². The van der Waals surface area contributed by atoms with Crippen LogP contribution in [0.5, 0.6) is 0 Å². The minimum absolute atomic E-state index is 0.0509. The molecule has 0 atom stereocenters. The first-order valence-corrected chi connectivity index (χ1v) is 4.41. The van der Waals surface area contributed by atoms with Crippen molar-refractivity contribution in [3.63, 3.8) is 0 Å². The molecule has 0 rings (SSSR count). The predicted molar refractivity (Wildman–Crippen MR) is 54.3 cm³/mol. The highest BCUT2D eigenvalue weighted by molar-refractivity contribution is 7.96. The van der Waals surface area contributed by atoms with E-state index in [4.69, 9.17) is 5.11 Å². The van der Waals surface area contributed by atoms with Crippen LogP contribution in [-0.4, -0.2) is 49.0 Å². The summed E-state index contributed by atoms with van der Waals surface area (Å²) >= 11 is 3.46. The first-order valence-electron chi connectivity index (χ1n) is 3.96. The van der Waals surface area contributed by atoms with Crippen molar-refractivity contribution >= 4 is 17.7 Å². The molecule has 0 unspecified atom stereocenters. The molecule has 0 saturated heterocycles. The molecule has 0 bridgehead atoms. The van der Waals surface area contributed by atoms with E-state index >= 15 is 0 Å². The highest BCUT2D eigenvalue weighted by Gasteiger charge is 2.02. The maximum absolute atomic E-state index is 9.68. The Hall–Kier alpha value is -0.0600. The molecule has 0 aliphatic carbocycles. The summed E-state index contributed by atoms with van der Waals surface area (Å²) in [5, 5.41) is 8.34. The monoisotopic (exact) mass is 194 g/mol. The molecule has 12 heavy (non-hydrogen) atoms. The van der Waals surface area contributed by atoms with Gasteiger partial charge in [-0.1, -0.05) is 6.92 Å². The number of hydrogen-bond donors (Lipinski definition) is 2. The van der Waals surface area contributed by atoms with E-state index in [1.165, 1.54) is 0 Å². The van der Waals surface area contributed by atoms with Crippen LogP contribution >= 0.6 is 12.6 Å². The number of aliphatic hydroxyl groups excluding tert-OH is 1. The summed E-state index contributed by atoms with van der Waals surface area (Å²) in [4.78, 5) is 9.68. The smallest absolute Gasteiger partial charge is 0.185 e. The maximum Gasteiger partial charge on any atom is 0.185 e. The molecule has 4 heteroatoms. The van der Waals surface area contributed by atoms with Crippen molar-refractivity contribution in [2.24, 2.45) is 0 Å². The molecule has 0 radical (unpaired) electrons. The predicted octanol–water partition coefficient (Wildman–Crippen LogP) is 0.538. The Kier molecular flexibility index (Phi) is 9.14. The van der Waals surface area contributed by atoms with Crippen molar-refractivity contribution in [1.82, 2.24) is 0 Å². The lowest BCUT2D eigenvalue weighted by Crippen LogP contribution is -2.36. The van der Waals surface area contributed by atoms with Gasteiger partial charge in [0, 0.05) is 6.42 Å². The average Bonchev–Trinajstić information content (AvgIpc) is 1.86. The quantitative estimate of drug-likeness (QED) is 0.508. The third-order valence-corrected chi connectivity index (χ3v) is 1.39. The number of carbonyl (C=O) groups is 1. The van der Waals surface area contributed by atoms with Gasteiger partial charge in [-0.25, -0.2) is 0 Å². The second-order valence-corrected chi connectivity index (χ2v) is 3.98. The first-order chi connectivity index (χ1) is 5.33. The van der Waals surface area contributed by atoms with Gasteiger partial charge in [0.1, 0.15) is 6.54 Å². The molecule has 0 aromatic heterocycles. The number of nitrogens with zero attached hydrogens (tertiary/aromatic N) is 1. The van der Waals surface area contributed by atoms with Crippen molar-refractivity contribution in [2.75, 3.05) is 34.3 Å². The lowest BCUT2D eigenvalue weighted by molar-refractivity contribution is -0.870. The maximum atomic E-state index is 9.68. The van der Waals surface area contributed by atoms with Gasteiger partial charge < -0.3 is 9.59 Å². The molecule has 0 saturated carbocycles. The van der Waals surface area contributed by atoms with Crippen LogP contribution in [0.15, 0.2) is 0 Å². The number of hydrogen-bond acceptors (Lipinski definition) is 2. The standard InChI is InChI=1S/C5H14NO.C3H6OS/c1-6(2,3)4-5-7;1-2-3(4)5/h7H,4-5H2,1-3H3;2H2,1H3,(H,4,5)/q+1;. The van der Waals surface area contributed by atoms with Gasteiger partial charge in [0.25, 0.3) is 0 Å². The summed E-state index contributed by atoms with van der Waals surface area (Å²) in [6, 6.07) is 0. The van der Waals surface area contributed by atoms with E-state index in [0.717, 1.165) is 11.0 Å². The van der Waals surface area contributed by atoms with Crippen molar-refractivity contribution in [1.29, 1.82) is 0 Å². The van der Waals surface area contributed by atoms with Crippen molar-refractivity contribution in [3.05, 3.63) is 0 Å². The minimum Gasteiger partial charge on any atom is -0.391 e. The van der Waals surface area contributed by atoms with E-state index in [1.807, 2.05) is 0 Å².